The first-order valence-electron chi connectivity index (χ1n) is 7.26. The summed E-state index contributed by atoms with van der Waals surface area (Å²) in [6.45, 7) is 7.61. The Balaban J connectivity index is 1.78. The molecule has 2 rings (SSSR count). The molecule has 0 spiro atoms. The average molecular weight is 311 g/mol. The maximum atomic E-state index is 11.7. The average Bonchev–Trinajstić information content (AvgIpc) is 2.27. The zero-order valence-electron chi connectivity index (χ0n) is 13.0. The van der Waals surface area contributed by atoms with Gasteiger partial charge in [-0.05, 0) is 52.2 Å². The molecule has 1 amide bonds. The summed E-state index contributed by atoms with van der Waals surface area (Å²) in [5, 5.41) is 7.06. The second-order valence-electron chi connectivity index (χ2n) is 6.59. The number of rotatable bonds is 3. The summed E-state index contributed by atoms with van der Waals surface area (Å²) >= 11 is 6.20. The first-order valence-corrected chi connectivity index (χ1v) is 7.63. The van der Waals surface area contributed by atoms with Crippen LogP contribution in [0.4, 0.5) is 10.5 Å². The van der Waals surface area contributed by atoms with E-state index in [1.54, 1.807) is 0 Å². The van der Waals surface area contributed by atoms with E-state index in [9.17, 15) is 4.79 Å². The highest BCUT2D eigenvalue weighted by Gasteiger charge is 2.32. The van der Waals surface area contributed by atoms with Gasteiger partial charge in [0.05, 0.1) is 10.7 Å². The van der Waals surface area contributed by atoms with Crippen molar-refractivity contribution in [3.63, 3.8) is 0 Å². The fourth-order valence-corrected chi connectivity index (χ4v) is 2.62. The number of amides is 1. The van der Waals surface area contributed by atoms with Crippen molar-refractivity contribution in [2.24, 2.45) is 0 Å². The number of aryl methyl sites for hydroxylation is 1. The molecule has 0 aliphatic heterocycles. The number of hydrogen-bond acceptors (Lipinski definition) is 3. The van der Waals surface area contributed by atoms with Gasteiger partial charge in [0.2, 0.25) is 0 Å². The van der Waals surface area contributed by atoms with E-state index in [0.29, 0.717) is 6.04 Å². The van der Waals surface area contributed by atoms with E-state index in [1.807, 2.05) is 45.9 Å². The highest BCUT2D eigenvalue weighted by molar-refractivity contribution is 6.33. The Labute approximate surface area is 131 Å². The number of alkyl carbamates (subject to hydrolysis) is 1. The van der Waals surface area contributed by atoms with Crippen LogP contribution < -0.4 is 10.6 Å². The van der Waals surface area contributed by atoms with Crippen LogP contribution in [-0.4, -0.2) is 23.8 Å². The predicted molar refractivity (Wildman–Crippen MR) is 86.0 cm³/mol. The summed E-state index contributed by atoms with van der Waals surface area (Å²) in [6.07, 6.45) is 1.41. The summed E-state index contributed by atoms with van der Waals surface area (Å²) in [5.41, 5.74) is 1.66. The molecule has 1 aromatic rings. The molecule has 0 aromatic heterocycles. The molecule has 2 N–H and O–H groups in total. The Morgan fingerprint density at radius 3 is 2.52 bits per heavy atom. The summed E-state index contributed by atoms with van der Waals surface area (Å²) in [6, 6.07) is 6.36. The van der Waals surface area contributed by atoms with Crippen molar-refractivity contribution in [2.75, 3.05) is 5.32 Å². The van der Waals surface area contributed by atoms with E-state index in [2.05, 4.69) is 10.6 Å². The van der Waals surface area contributed by atoms with E-state index in [0.717, 1.165) is 29.1 Å². The first kappa shape index (κ1) is 16.0. The van der Waals surface area contributed by atoms with E-state index < -0.39 is 5.60 Å². The Hall–Kier alpha value is -1.42. The minimum absolute atomic E-state index is 0.167. The number of carbonyl (C=O) groups is 1. The number of anilines is 1. The van der Waals surface area contributed by atoms with Crippen LogP contribution in [0.5, 0.6) is 0 Å². The minimum Gasteiger partial charge on any atom is -0.444 e. The molecule has 0 heterocycles. The summed E-state index contributed by atoms with van der Waals surface area (Å²) < 4.78 is 5.24. The molecular weight excluding hydrogens is 288 g/mol. The van der Waals surface area contributed by atoms with Crippen molar-refractivity contribution in [1.29, 1.82) is 0 Å². The lowest BCUT2D eigenvalue weighted by Crippen LogP contribution is -2.50. The lowest BCUT2D eigenvalue weighted by molar-refractivity contribution is 0.0475. The van der Waals surface area contributed by atoms with Gasteiger partial charge in [0.1, 0.15) is 5.60 Å². The normalized spacial score (nSPS) is 21.4. The zero-order chi connectivity index (χ0) is 15.6. The quantitative estimate of drug-likeness (QED) is 0.883. The van der Waals surface area contributed by atoms with E-state index >= 15 is 0 Å². The molecule has 116 valence electrons. The molecule has 5 heteroatoms. The van der Waals surface area contributed by atoms with Crippen LogP contribution in [0.1, 0.15) is 39.2 Å². The van der Waals surface area contributed by atoms with Crippen LogP contribution in [0.15, 0.2) is 18.2 Å². The van der Waals surface area contributed by atoms with Crippen molar-refractivity contribution in [3.05, 3.63) is 28.8 Å². The fourth-order valence-electron chi connectivity index (χ4n) is 2.35. The third-order valence-corrected chi connectivity index (χ3v) is 3.74. The number of hydrogen-bond donors (Lipinski definition) is 2. The standard InChI is InChI=1S/C16H23ClN2O2/c1-10-6-5-7-13(17)14(10)18-11-8-12(9-11)19-15(20)21-16(2,3)4/h5-7,11-12,18H,8-9H2,1-4H3,(H,19,20). The summed E-state index contributed by atoms with van der Waals surface area (Å²) in [7, 11) is 0. The number of nitrogens with one attached hydrogen (secondary N) is 2. The van der Waals surface area contributed by atoms with E-state index in [4.69, 9.17) is 16.3 Å². The Kier molecular flexibility index (Phi) is 4.67. The van der Waals surface area contributed by atoms with Gasteiger partial charge in [0, 0.05) is 12.1 Å². The van der Waals surface area contributed by atoms with Gasteiger partial charge < -0.3 is 15.4 Å². The van der Waals surface area contributed by atoms with Gasteiger partial charge in [-0.2, -0.15) is 0 Å². The Morgan fingerprint density at radius 1 is 1.29 bits per heavy atom. The van der Waals surface area contributed by atoms with E-state index in [1.165, 1.54) is 0 Å². The number of ether oxygens (including phenoxy) is 1. The highest BCUT2D eigenvalue weighted by Crippen LogP contribution is 2.31. The van der Waals surface area contributed by atoms with Crippen molar-refractivity contribution in [1.82, 2.24) is 5.32 Å². The van der Waals surface area contributed by atoms with Crippen molar-refractivity contribution in [3.8, 4) is 0 Å². The molecule has 1 fully saturated rings. The molecule has 0 radical (unpaired) electrons. The summed E-state index contributed by atoms with van der Waals surface area (Å²) in [4.78, 5) is 11.7. The smallest absolute Gasteiger partial charge is 0.407 e. The third-order valence-electron chi connectivity index (χ3n) is 3.43. The highest BCUT2D eigenvalue weighted by atomic mass is 35.5. The van der Waals surface area contributed by atoms with Crippen LogP contribution in [-0.2, 0) is 4.74 Å². The van der Waals surface area contributed by atoms with Crippen LogP contribution in [0.3, 0.4) is 0 Å². The lowest BCUT2D eigenvalue weighted by Gasteiger charge is -2.37. The second-order valence-corrected chi connectivity index (χ2v) is 6.99. The number of benzene rings is 1. The van der Waals surface area contributed by atoms with Crippen LogP contribution in [0.25, 0.3) is 0 Å². The van der Waals surface area contributed by atoms with Gasteiger partial charge >= 0.3 is 6.09 Å². The maximum Gasteiger partial charge on any atom is 0.407 e. The fraction of sp³-hybridized carbons (Fsp3) is 0.562. The molecule has 1 aliphatic carbocycles. The predicted octanol–water partition coefficient (Wildman–Crippen LogP) is 4.12. The monoisotopic (exact) mass is 310 g/mol. The Morgan fingerprint density at radius 2 is 1.95 bits per heavy atom. The Bertz CT molecular complexity index is 499. The van der Waals surface area contributed by atoms with Crippen LogP contribution in [0, 0.1) is 6.92 Å². The van der Waals surface area contributed by atoms with Gasteiger partial charge in [-0.3, -0.25) is 0 Å². The molecule has 1 aliphatic rings. The van der Waals surface area contributed by atoms with Crippen LogP contribution in [0.2, 0.25) is 5.02 Å². The molecule has 1 aromatic carbocycles. The molecule has 0 bridgehead atoms. The molecule has 4 nitrogen and oxygen atoms in total. The SMILES string of the molecule is Cc1cccc(Cl)c1NC1CC(NC(=O)OC(C)(C)C)C1. The summed E-state index contributed by atoms with van der Waals surface area (Å²) in [5.74, 6) is 0. The molecule has 0 atom stereocenters. The zero-order valence-corrected chi connectivity index (χ0v) is 13.8. The number of para-hydroxylation sites is 1. The minimum atomic E-state index is -0.458. The molecule has 21 heavy (non-hydrogen) atoms. The van der Waals surface area contributed by atoms with Gasteiger partial charge in [0.15, 0.2) is 0 Å². The lowest BCUT2D eigenvalue weighted by atomic mass is 9.86. The topological polar surface area (TPSA) is 50.4 Å². The van der Waals surface area contributed by atoms with Crippen molar-refractivity contribution >= 4 is 23.4 Å². The van der Waals surface area contributed by atoms with Gasteiger partial charge in [-0.25, -0.2) is 4.79 Å². The first-order chi connectivity index (χ1) is 9.74. The van der Waals surface area contributed by atoms with Gasteiger partial charge in [-0.15, -0.1) is 0 Å². The van der Waals surface area contributed by atoms with Crippen LogP contribution >= 0.6 is 11.6 Å². The van der Waals surface area contributed by atoms with E-state index in [-0.39, 0.29) is 12.1 Å². The molecule has 0 unspecified atom stereocenters. The maximum absolute atomic E-state index is 11.7. The van der Waals surface area contributed by atoms with Gasteiger partial charge in [-0.1, -0.05) is 23.7 Å². The third kappa shape index (κ3) is 4.53. The molecule has 0 saturated heterocycles. The molecule has 1 saturated carbocycles. The van der Waals surface area contributed by atoms with Crippen molar-refractivity contribution < 1.29 is 9.53 Å². The largest absolute Gasteiger partial charge is 0.444 e. The molecular formula is C16H23ClN2O2. The number of carbonyl (C=O) groups excluding carboxylic acids is 1. The second kappa shape index (κ2) is 6.14. The van der Waals surface area contributed by atoms with Gasteiger partial charge in [0.25, 0.3) is 0 Å². The van der Waals surface area contributed by atoms with Crippen molar-refractivity contribution in [2.45, 2.75) is 58.2 Å². The number of halogens is 1.